The van der Waals surface area contributed by atoms with Crippen molar-refractivity contribution in [2.45, 2.75) is 51.9 Å². The van der Waals surface area contributed by atoms with E-state index in [0.717, 1.165) is 0 Å². The van der Waals surface area contributed by atoms with E-state index in [1.54, 1.807) is 9.75 Å². The first-order chi connectivity index (χ1) is 9.38. The summed E-state index contributed by atoms with van der Waals surface area (Å²) in [5.41, 5.74) is 1.46. The number of hydrogen-bond donors (Lipinski definition) is 0. The summed E-state index contributed by atoms with van der Waals surface area (Å²) in [6, 6.07) is 15.5. The zero-order valence-corrected chi connectivity index (χ0v) is 12.7. The molecule has 0 fully saturated rings. The van der Waals surface area contributed by atoms with E-state index in [-0.39, 0.29) is 0 Å². The molecule has 0 amide bonds. The molecule has 102 valence electrons. The standard InChI is InChI=1S/C18H24S/c1-2-3-5-12-17-14-15-18(19-17)13-8-11-16-9-6-4-7-10-16/h4,6-7,9-10,14-15H,2-3,5,8,11-13H2,1H3. The van der Waals surface area contributed by atoms with Gasteiger partial charge in [-0.1, -0.05) is 50.1 Å². The molecule has 0 aliphatic carbocycles. The molecule has 2 aromatic rings. The molecule has 0 spiro atoms. The summed E-state index contributed by atoms with van der Waals surface area (Å²) in [5.74, 6) is 0. The quantitative estimate of drug-likeness (QED) is 0.544. The lowest BCUT2D eigenvalue weighted by atomic mass is 10.1. The van der Waals surface area contributed by atoms with Gasteiger partial charge in [0.1, 0.15) is 0 Å². The second kappa shape index (κ2) is 8.16. The van der Waals surface area contributed by atoms with Crippen molar-refractivity contribution in [2.75, 3.05) is 0 Å². The van der Waals surface area contributed by atoms with Crippen LogP contribution in [-0.4, -0.2) is 0 Å². The highest BCUT2D eigenvalue weighted by Crippen LogP contribution is 2.21. The Kier molecular flexibility index (Phi) is 6.16. The van der Waals surface area contributed by atoms with Crippen LogP contribution in [0, 0.1) is 0 Å². The maximum atomic E-state index is 2.33. The minimum atomic E-state index is 1.20. The molecule has 0 N–H and O–H groups in total. The van der Waals surface area contributed by atoms with Crippen LogP contribution in [0.15, 0.2) is 42.5 Å². The van der Waals surface area contributed by atoms with Gasteiger partial charge in [0.2, 0.25) is 0 Å². The maximum absolute atomic E-state index is 2.33. The van der Waals surface area contributed by atoms with Crippen LogP contribution in [0.2, 0.25) is 0 Å². The summed E-state index contributed by atoms with van der Waals surface area (Å²) < 4.78 is 0. The number of hydrogen-bond acceptors (Lipinski definition) is 1. The minimum Gasteiger partial charge on any atom is -0.145 e. The molecule has 0 aliphatic rings. The van der Waals surface area contributed by atoms with Crippen LogP contribution in [-0.2, 0) is 19.3 Å². The Balaban J connectivity index is 1.71. The summed E-state index contributed by atoms with van der Waals surface area (Å²) in [7, 11) is 0. The Labute approximate surface area is 121 Å². The topological polar surface area (TPSA) is 0 Å². The van der Waals surface area contributed by atoms with Crippen molar-refractivity contribution < 1.29 is 0 Å². The van der Waals surface area contributed by atoms with E-state index in [1.807, 2.05) is 11.3 Å². The number of rotatable bonds is 8. The molecule has 0 unspecified atom stereocenters. The molecule has 1 aromatic heterocycles. The fourth-order valence-corrected chi connectivity index (χ4v) is 3.45. The van der Waals surface area contributed by atoms with Crippen molar-refractivity contribution in [1.29, 1.82) is 0 Å². The van der Waals surface area contributed by atoms with Crippen LogP contribution in [0.4, 0.5) is 0 Å². The van der Waals surface area contributed by atoms with Gasteiger partial charge in [0, 0.05) is 9.75 Å². The first-order valence-electron chi connectivity index (χ1n) is 7.50. The van der Waals surface area contributed by atoms with Gasteiger partial charge in [0.05, 0.1) is 0 Å². The molecule has 0 nitrogen and oxygen atoms in total. The number of benzene rings is 1. The third-order valence-electron chi connectivity index (χ3n) is 3.48. The highest BCUT2D eigenvalue weighted by Gasteiger charge is 2.01. The van der Waals surface area contributed by atoms with Gasteiger partial charge in [-0.3, -0.25) is 0 Å². The maximum Gasteiger partial charge on any atom is 0.00482 e. The second-order valence-corrected chi connectivity index (χ2v) is 6.42. The Morgan fingerprint density at radius 1 is 0.737 bits per heavy atom. The molecule has 0 saturated carbocycles. The fourth-order valence-electron chi connectivity index (χ4n) is 2.35. The molecule has 0 radical (unpaired) electrons. The lowest BCUT2D eigenvalue weighted by Crippen LogP contribution is -1.87. The van der Waals surface area contributed by atoms with E-state index < -0.39 is 0 Å². The summed E-state index contributed by atoms with van der Waals surface area (Å²) >= 11 is 2.02. The molecule has 0 atom stereocenters. The minimum absolute atomic E-state index is 1.20. The molecule has 0 aliphatic heterocycles. The van der Waals surface area contributed by atoms with Crippen LogP contribution in [0.1, 0.15) is 47.9 Å². The van der Waals surface area contributed by atoms with Gasteiger partial charge in [0.25, 0.3) is 0 Å². The summed E-state index contributed by atoms with van der Waals surface area (Å²) in [4.78, 5) is 3.13. The van der Waals surface area contributed by atoms with Crippen molar-refractivity contribution in [2.24, 2.45) is 0 Å². The van der Waals surface area contributed by atoms with Crippen molar-refractivity contribution in [3.8, 4) is 0 Å². The highest BCUT2D eigenvalue weighted by atomic mass is 32.1. The normalized spacial score (nSPS) is 10.8. The molecule has 1 aromatic carbocycles. The summed E-state index contributed by atoms with van der Waals surface area (Å²) in [6.07, 6.45) is 8.99. The Morgan fingerprint density at radius 3 is 2.11 bits per heavy atom. The summed E-state index contributed by atoms with van der Waals surface area (Å²) in [5, 5.41) is 0. The van der Waals surface area contributed by atoms with Gasteiger partial charge in [-0.2, -0.15) is 0 Å². The van der Waals surface area contributed by atoms with Crippen LogP contribution in [0.25, 0.3) is 0 Å². The predicted octanol–water partition coefficient (Wildman–Crippen LogP) is 5.66. The third-order valence-corrected chi connectivity index (χ3v) is 4.68. The first-order valence-corrected chi connectivity index (χ1v) is 8.31. The van der Waals surface area contributed by atoms with Crippen molar-refractivity contribution in [3.05, 3.63) is 57.8 Å². The smallest absolute Gasteiger partial charge is 0.00482 e. The molecule has 0 bridgehead atoms. The zero-order chi connectivity index (χ0) is 13.3. The Morgan fingerprint density at radius 2 is 1.42 bits per heavy atom. The predicted molar refractivity (Wildman–Crippen MR) is 86.0 cm³/mol. The average Bonchev–Trinajstić information content (AvgIpc) is 2.88. The van der Waals surface area contributed by atoms with Crippen molar-refractivity contribution in [3.63, 3.8) is 0 Å². The van der Waals surface area contributed by atoms with Gasteiger partial charge in [-0.05, 0) is 49.8 Å². The SMILES string of the molecule is CCCCCc1ccc(CCCc2ccccc2)s1. The first kappa shape index (κ1) is 14.3. The van der Waals surface area contributed by atoms with Gasteiger partial charge < -0.3 is 0 Å². The van der Waals surface area contributed by atoms with E-state index in [4.69, 9.17) is 0 Å². The van der Waals surface area contributed by atoms with Gasteiger partial charge in [0.15, 0.2) is 0 Å². The molecule has 19 heavy (non-hydrogen) atoms. The van der Waals surface area contributed by atoms with Crippen molar-refractivity contribution >= 4 is 11.3 Å². The van der Waals surface area contributed by atoms with Gasteiger partial charge >= 0.3 is 0 Å². The largest absolute Gasteiger partial charge is 0.145 e. The van der Waals surface area contributed by atoms with E-state index in [1.165, 1.54) is 50.5 Å². The van der Waals surface area contributed by atoms with Gasteiger partial charge in [-0.15, -0.1) is 11.3 Å². The van der Waals surface area contributed by atoms with Gasteiger partial charge in [-0.25, -0.2) is 0 Å². The fraction of sp³-hybridized carbons (Fsp3) is 0.444. The van der Waals surface area contributed by atoms with Crippen LogP contribution >= 0.6 is 11.3 Å². The van der Waals surface area contributed by atoms with E-state index in [9.17, 15) is 0 Å². The number of thiophene rings is 1. The zero-order valence-electron chi connectivity index (χ0n) is 11.9. The second-order valence-electron chi connectivity index (χ2n) is 5.16. The van der Waals surface area contributed by atoms with E-state index >= 15 is 0 Å². The summed E-state index contributed by atoms with van der Waals surface area (Å²) in [6.45, 7) is 2.27. The highest BCUT2D eigenvalue weighted by molar-refractivity contribution is 7.11. The Bertz CT molecular complexity index is 456. The average molecular weight is 272 g/mol. The van der Waals surface area contributed by atoms with E-state index in [0.29, 0.717) is 0 Å². The number of unbranched alkanes of at least 4 members (excludes halogenated alkanes) is 2. The molecular formula is C18H24S. The molecular weight excluding hydrogens is 248 g/mol. The Hall–Kier alpha value is -1.08. The monoisotopic (exact) mass is 272 g/mol. The number of aryl methyl sites for hydroxylation is 3. The molecule has 2 rings (SSSR count). The lowest BCUT2D eigenvalue weighted by Gasteiger charge is -2.00. The lowest BCUT2D eigenvalue weighted by molar-refractivity contribution is 0.722. The molecule has 0 saturated heterocycles. The van der Waals surface area contributed by atoms with Crippen molar-refractivity contribution in [1.82, 2.24) is 0 Å². The van der Waals surface area contributed by atoms with Crippen LogP contribution < -0.4 is 0 Å². The van der Waals surface area contributed by atoms with Crippen LogP contribution in [0.5, 0.6) is 0 Å². The van der Waals surface area contributed by atoms with Crippen LogP contribution in [0.3, 0.4) is 0 Å². The van der Waals surface area contributed by atoms with E-state index in [2.05, 4.69) is 49.4 Å². The third kappa shape index (κ3) is 5.20. The molecule has 1 heteroatoms. The molecule has 1 heterocycles.